The summed E-state index contributed by atoms with van der Waals surface area (Å²) in [5.41, 5.74) is 1.31. The lowest BCUT2D eigenvalue weighted by Gasteiger charge is -2.15. The van der Waals surface area contributed by atoms with Gasteiger partial charge in [0.1, 0.15) is 0 Å². The van der Waals surface area contributed by atoms with Gasteiger partial charge in [0, 0.05) is 30.3 Å². The third-order valence-electron chi connectivity index (χ3n) is 2.58. The Kier molecular flexibility index (Phi) is 6.61. The molecule has 1 N–H and O–H groups in total. The first-order valence-corrected chi connectivity index (χ1v) is 7.22. The van der Waals surface area contributed by atoms with Crippen LogP contribution in [-0.4, -0.2) is 35.5 Å². The van der Waals surface area contributed by atoms with E-state index in [1.54, 1.807) is 31.2 Å². The van der Waals surface area contributed by atoms with Crippen LogP contribution in [-0.2, 0) is 20.7 Å². The third-order valence-corrected chi connectivity index (χ3v) is 3.54. The van der Waals surface area contributed by atoms with Crippen LogP contribution < -0.4 is 4.90 Å². The molecule has 0 amide bonds. The van der Waals surface area contributed by atoms with Crippen molar-refractivity contribution in [3.63, 3.8) is 0 Å². The molecule has 0 spiro atoms. The van der Waals surface area contributed by atoms with Gasteiger partial charge in [0.15, 0.2) is 10.9 Å². The average Bonchev–Trinajstić information content (AvgIpc) is 2.86. The van der Waals surface area contributed by atoms with Gasteiger partial charge in [-0.3, -0.25) is 9.59 Å². The summed E-state index contributed by atoms with van der Waals surface area (Å²) in [6.45, 7) is 3.86. The van der Waals surface area contributed by atoms with Crippen LogP contribution in [0, 0.1) is 0 Å². The van der Waals surface area contributed by atoms with Gasteiger partial charge in [0.25, 0.3) is 0 Å². The molecule has 1 aromatic heterocycles. The first-order valence-electron chi connectivity index (χ1n) is 6.34. The van der Waals surface area contributed by atoms with Crippen molar-refractivity contribution >= 4 is 28.2 Å². The second kappa shape index (κ2) is 8.21. The van der Waals surface area contributed by atoms with Gasteiger partial charge in [-0.25, -0.2) is 4.98 Å². The molecular formula is C14H18N2O4S. The zero-order valence-corrected chi connectivity index (χ0v) is 13.0. The van der Waals surface area contributed by atoms with Crippen LogP contribution in [0.4, 0.5) is 5.13 Å². The minimum Gasteiger partial charge on any atom is -0.515 e. The maximum Gasteiger partial charge on any atom is 0.311 e. The molecule has 0 aliphatic heterocycles. The second-order valence-electron chi connectivity index (χ2n) is 4.17. The number of aliphatic hydroxyl groups is 1. The number of carbonyl (C=O) groups is 2. The Bertz CT molecular complexity index is 563. The zero-order chi connectivity index (χ0) is 15.8. The van der Waals surface area contributed by atoms with Crippen LogP contribution in [0.3, 0.4) is 0 Å². The van der Waals surface area contributed by atoms with Crippen LogP contribution >= 0.6 is 11.3 Å². The number of esters is 1. The molecule has 1 heterocycles. The van der Waals surface area contributed by atoms with Crippen LogP contribution in [0.15, 0.2) is 29.5 Å². The third kappa shape index (κ3) is 5.39. The molecule has 0 saturated heterocycles. The topological polar surface area (TPSA) is 79.7 Å². The molecular weight excluding hydrogens is 292 g/mol. The Hall–Kier alpha value is -2.15. The van der Waals surface area contributed by atoms with Gasteiger partial charge in [-0.1, -0.05) is 0 Å². The Balaban J connectivity index is 2.75. The van der Waals surface area contributed by atoms with E-state index in [9.17, 15) is 9.59 Å². The molecule has 1 aromatic rings. The van der Waals surface area contributed by atoms with E-state index in [4.69, 9.17) is 9.84 Å². The van der Waals surface area contributed by atoms with E-state index >= 15 is 0 Å². The van der Waals surface area contributed by atoms with E-state index < -0.39 is 0 Å². The summed E-state index contributed by atoms with van der Waals surface area (Å²) in [5.74, 6) is -0.627. The maximum absolute atomic E-state index is 11.4. The summed E-state index contributed by atoms with van der Waals surface area (Å²) in [4.78, 5) is 28.8. The first-order chi connectivity index (χ1) is 9.97. The van der Waals surface area contributed by atoms with E-state index in [0.29, 0.717) is 29.4 Å². The molecule has 7 heteroatoms. The van der Waals surface area contributed by atoms with Gasteiger partial charge >= 0.3 is 5.97 Å². The van der Waals surface area contributed by atoms with E-state index in [0.717, 1.165) is 6.08 Å². The quantitative estimate of drug-likeness (QED) is 0.472. The van der Waals surface area contributed by atoms with Crippen LogP contribution in [0.1, 0.15) is 19.5 Å². The van der Waals surface area contributed by atoms with E-state index in [-0.39, 0.29) is 18.2 Å². The molecule has 21 heavy (non-hydrogen) atoms. The number of ether oxygens (including phenoxy) is 1. The van der Waals surface area contributed by atoms with Gasteiger partial charge in [0.05, 0.1) is 25.0 Å². The number of ketones is 1. The predicted molar refractivity (Wildman–Crippen MR) is 81.4 cm³/mol. The highest BCUT2D eigenvalue weighted by Crippen LogP contribution is 2.22. The van der Waals surface area contributed by atoms with Gasteiger partial charge in [-0.2, -0.15) is 0 Å². The van der Waals surface area contributed by atoms with Gasteiger partial charge < -0.3 is 14.7 Å². The molecule has 0 bridgehead atoms. The minimum absolute atomic E-state index is 0.132. The number of rotatable bonds is 7. The summed E-state index contributed by atoms with van der Waals surface area (Å²) in [5, 5.41) is 11.0. The Morgan fingerprint density at radius 3 is 2.86 bits per heavy atom. The number of carbonyl (C=O) groups excluding carboxylic acids is 2. The minimum atomic E-state index is -0.315. The van der Waals surface area contributed by atoms with Crippen molar-refractivity contribution in [1.82, 2.24) is 4.98 Å². The highest BCUT2D eigenvalue weighted by atomic mass is 32.1. The summed E-state index contributed by atoms with van der Waals surface area (Å²) in [6.07, 6.45) is 3.28. The molecule has 0 atom stereocenters. The number of anilines is 1. The molecule has 6 nitrogen and oxygen atoms in total. The van der Waals surface area contributed by atoms with E-state index in [2.05, 4.69) is 4.98 Å². The number of hydrogen-bond acceptors (Lipinski definition) is 7. The highest BCUT2D eigenvalue weighted by Gasteiger charge is 2.12. The van der Waals surface area contributed by atoms with Crippen molar-refractivity contribution in [2.45, 2.75) is 20.3 Å². The predicted octanol–water partition coefficient (Wildman–Crippen LogP) is 2.23. The normalized spacial score (nSPS) is 11.7. The van der Waals surface area contributed by atoms with E-state index in [1.807, 2.05) is 0 Å². The molecule has 0 fully saturated rings. The fourth-order valence-electron chi connectivity index (χ4n) is 1.47. The van der Waals surface area contributed by atoms with Gasteiger partial charge in [0.2, 0.25) is 0 Å². The maximum atomic E-state index is 11.4. The van der Waals surface area contributed by atoms with Gasteiger partial charge in [-0.15, -0.1) is 11.3 Å². The highest BCUT2D eigenvalue weighted by molar-refractivity contribution is 7.13. The number of aliphatic hydroxyl groups excluding tert-OH is 1. The summed E-state index contributed by atoms with van der Waals surface area (Å²) < 4.78 is 4.87. The number of thiazole rings is 1. The van der Waals surface area contributed by atoms with Crippen molar-refractivity contribution in [2.24, 2.45) is 0 Å². The molecule has 0 radical (unpaired) electrons. The second-order valence-corrected chi connectivity index (χ2v) is 5.00. The summed E-state index contributed by atoms with van der Waals surface area (Å²) in [7, 11) is 1.77. The SMILES string of the molecule is CCOC(=O)Cc1csc(N(C)/C(C)=C\C(=O)/C=C/O)n1. The fourth-order valence-corrected chi connectivity index (χ4v) is 2.32. The monoisotopic (exact) mass is 310 g/mol. The molecule has 0 aliphatic rings. The lowest BCUT2D eigenvalue weighted by molar-refractivity contribution is -0.142. The first kappa shape index (κ1) is 16.9. The number of aromatic nitrogens is 1. The lowest BCUT2D eigenvalue weighted by atomic mass is 10.3. The van der Waals surface area contributed by atoms with Crippen LogP contribution in [0.25, 0.3) is 0 Å². The molecule has 0 aromatic carbocycles. The van der Waals surface area contributed by atoms with Crippen molar-refractivity contribution < 1.29 is 19.4 Å². The van der Waals surface area contributed by atoms with Crippen LogP contribution in [0.5, 0.6) is 0 Å². The number of allylic oxidation sites excluding steroid dienone is 3. The average molecular weight is 310 g/mol. The Labute approximate surface area is 127 Å². The number of hydrogen-bond donors (Lipinski definition) is 1. The van der Waals surface area contributed by atoms with Crippen molar-refractivity contribution in [2.75, 3.05) is 18.6 Å². The Morgan fingerprint density at radius 1 is 1.52 bits per heavy atom. The molecule has 0 unspecified atom stereocenters. The molecule has 0 aliphatic carbocycles. The summed E-state index contributed by atoms with van der Waals surface area (Å²) in [6, 6.07) is 0. The number of nitrogens with zero attached hydrogens (tertiary/aromatic N) is 2. The summed E-state index contributed by atoms with van der Waals surface area (Å²) >= 11 is 1.37. The lowest BCUT2D eigenvalue weighted by Crippen LogP contribution is -2.15. The Morgan fingerprint density at radius 2 is 2.24 bits per heavy atom. The fraction of sp³-hybridized carbons (Fsp3) is 0.357. The van der Waals surface area contributed by atoms with Gasteiger partial charge in [-0.05, 0) is 13.8 Å². The standard InChI is InChI=1S/C14H18N2O4S/c1-4-20-13(19)8-11-9-21-14(15-11)16(3)10(2)7-12(18)5-6-17/h5-7,9,17H,4,8H2,1-3H3/b6-5+,10-7-. The molecule has 1 rings (SSSR count). The molecule has 0 saturated carbocycles. The smallest absolute Gasteiger partial charge is 0.311 e. The zero-order valence-electron chi connectivity index (χ0n) is 12.2. The van der Waals surface area contributed by atoms with Crippen molar-refractivity contribution in [3.8, 4) is 0 Å². The van der Waals surface area contributed by atoms with E-state index in [1.165, 1.54) is 17.4 Å². The largest absolute Gasteiger partial charge is 0.515 e. The molecule has 114 valence electrons. The van der Waals surface area contributed by atoms with Crippen molar-refractivity contribution in [3.05, 3.63) is 35.2 Å². The van der Waals surface area contributed by atoms with Crippen LogP contribution in [0.2, 0.25) is 0 Å². The van der Waals surface area contributed by atoms with Crippen molar-refractivity contribution in [1.29, 1.82) is 0 Å².